The Kier molecular flexibility index (Phi) is 3.54. The Morgan fingerprint density at radius 1 is 1.56 bits per heavy atom. The summed E-state index contributed by atoms with van der Waals surface area (Å²) in [4.78, 5) is 11.6. The molecule has 0 aliphatic heterocycles. The van der Waals surface area contributed by atoms with E-state index in [2.05, 4.69) is 15.7 Å². The second-order valence-corrected chi connectivity index (χ2v) is 4.71. The van der Waals surface area contributed by atoms with Crippen LogP contribution in [0.2, 0.25) is 0 Å². The van der Waals surface area contributed by atoms with Crippen molar-refractivity contribution in [3.8, 4) is 0 Å². The lowest BCUT2D eigenvalue weighted by Gasteiger charge is -2.20. The summed E-state index contributed by atoms with van der Waals surface area (Å²) in [5, 5.41) is 9.58. The maximum absolute atomic E-state index is 11.6. The van der Waals surface area contributed by atoms with Crippen LogP contribution in [-0.4, -0.2) is 21.4 Å². The predicted molar refractivity (Wildman–Crippen MR) is 63.0 cm³/mol. The molecule has 0 spiro atoms. The quantitative estimate of drug-likeness (QED) is 0.696. The highest BCUT2D eigenvalue weighted by atomic mass is 16.2. The molecule has 4 N–H and O–H groups in total. The average molecular weight is 225 g/mol. The Bertz CT molecular complexity index is 377. The van der Waals surface area contributed by atoms with E-state index < -0.39 is 0 Å². The topological polar surface area (TPSA) is 85.0 Å². The molecule has 6 nitrogen and oxygen atoms in total. The molecule has 0 saturated carbocycles. The van der Waals surface area contributed by atoms with E-state index in [0.717, 1.165) is 5.56 Å². The lowest BCUT2D eigenvalue weighted by atomic mass is 10.1. The van der Waals surface area contributed by atoms with Crippen LogP contribution in [0.4, 0.5) is 10.6 Å². The molecule has 90 valence electrons. The van der Waals surface area contributed by atoms with Crippen LogP contribution < -0.4 is 16.4 Å². The minimum atomic E-state index is -0.277. The van der Waals surface area contributed by atoms with Gasteiger partial charge in [0.2, 0.25) is 0 Å². The van der Waals surface area contributed by atoms with Crippen LogP contribution in [0.15, 0.2) is 6.20 Å². The van der Waals surface area contributed by atoms with Crippen LogP contribution in [-0.2, 0) is 13.6 Å². The van der Waals surface area contributed by atoms with Gasteiger partial charge in [0.1, 0.15) is 0 Å². The number of hydrogen-bond acceptors (Lipinski definition) is 3. The van der Waals surface area contributed by atoms with Crippen molar-refractivity contribution in [3.63, 3.8) is 0 Å². The number of nitrogens with zero attached hydrogens (tertiary/aromatic N) is 2. The Morgan fingerprint density at radius 2 is 2.19 bits per heavy atom. The Hall–Kier alpha value is -1.56. The number of carbonyl (C=O) groups is 1. The Balaban J connectivity index is 2.69. The molecule has 0 aliphatic rings. The fourth-order valence-electron chi connectivity index (χ4n) is 1.27. The standard InChI is InChI=1S/C10H19N5O/c1-10(2,3)13-9(16)12-8-7(5-11)6-15(4)14-8/h6H,5,11H2,1-4H3,(H2,12,13,14,16). The van der Waals surface area contributed by atoms with Gasteiger partial charge in [-0.3, -0.25) is 10.00 Å². The van der Waals surface area contributed by atoms with Gasteiger partial charge in [0.05, 0.1) is 0 Å². The fraction of sp³-hybridized carbons (Fsp3) is 0.600. The smallest absolute Gasteiger partial charge is 0.320 e. The van der Waals surface area contributed by atoms with E-state index in [4.69, 9.17) is 5.73 Å². The van der Waals surface area contributed by atoms with Gasteiger partial charge in [-0.15, -0.1) is 0 Å². The lowest BCUT2D eigenvalue weighted by molar-refractivity contribution is 0.243. The molecular weight excluding hydrogens is 206 g/mol. The first-order valence-corrected chi connectivity index (χ1v) is 5.13. The van der Waals surface area contributed by atoms with E-state index in [0.29, 0.717) is 12.4 Å². The van der Waals surface area contributed by atoms with Gasteiger partial charge >= 0.3 is 6.03 Å². The zero-order chi connectivity index (χ0) is 12.3. The number of hydrogen-bond donors (Lipinski definition) is 3. The molecule has 0 atom stereocenters. The molecule has 6 heteroatoms. The number of anilines is 1. The van der Waals surface area contributed by atoms with Crippen LogP contribution in [0.1, 0.15) is 26.3 Å². The van der Waals surface area contributed by atoms with Crippen molar-refractivity contribution in [2.45, 2.75) is 32.9 Å². The van der Waals surface area contributed by atoms with Crippen LogP contribution in [0.3, 0.4) is 0 Å². The summed E-state index contributed by atoms with van der Waals surface area (Å²) in [6.45, 7) is 6.08. The number of rotatable bonds is 2. The molecule has 0 unspecified atom stereocenters. The average Bonchev–Trinajstić information content (AvgIpc) is 2.42. The predicted octanol–water partition coefficient (Wildman–Crippen LogP) is 0.799. The van der Waals surface area contributed by atoms with Gasteiger partial charge < -0.3 is 11.1 Å². The van der Waals surface area contributed by atoms with Crippen molar-refractivity contribution in [3.05, 3.63) is 11.8 Å². The third-order valence-electron chi connectivity index (χ3n) is 1.84. The van der Waals surface area contributed by atoms with E-state index in [1.165, 1.54) is 0 Å². The highest BCUT2D eigenvalue weighted by molar-refractivity contribution is 5.89. The van der Waals surface area contributed by atoms with Crippen LogP contribution >= 0.6 is 0 Å². The van der Waals surface area contributed by atoms with E-state index >= 15 is 0 Å². The zero-order valence-electron chi connectivity index (χ0n) is 10.2. The largest absolute Gasteiger partial charge is 0.333 e. The third kappa shape index (κ3) is 3.54. The molecule has 0 saturated heterocycles. The van der Waals surface area contributed by atoms with Crippen molar-refractivity contribution in [2.24, 2.45) is 12.8 Å². The molecule has 0 radical (unpaired) electrons. The highest BCUT2D eigenvalue weighted by Gasteiger charge is 2.15. The van der Waals surface area contributed by atoms with Gasteiger partial charge in [-0.2, -0.15) is 5.10 Å². The SMILES string of the molecule is Cn1cc(CN)c(NC(=O)NC(C)(C)C)n1. The van der Waals surface area contributed by atoms with Crippen LogP contribution in [0.5, 0.6) is 0 Å². The first-order valence-electron chi connectivity index (χ1n) is 5.13. The fourth-order valence-corrected chi connectivity index (χ4v) is 1.27. The molecule has 0 bridgehead atoms. The second kappa shape index (κ2) is 4.52. The van der Waals surface area contributed by atoms with Gasteiger partial charge in [0.15, 0.2) is 5.82 Å². The maximum Gasteiger partial charge on any atom is 0.320 e. The summed E-state index contributed by atoms with van der Waals surface area (Å²) in [6.07, 6.45) is 1.78. The van der Waals surface area contributed by atoms with E-state index in [9.17, 15) is 4.79 Å². The van der Waals surface area contributed by atoms with Gasteiger partial charge in [0, 0.05) is 30.9 Å². The highest BCUT2D eigenvalue weighted by Crippen LogP contribution is 2.11. The molecule has 16 heavy (non-hydrogen) atoms. The monoisotopic (exact) mass is 225 g/mol. The van der Waals surface area contributed by atoms with Crippen molar-refractivity contribution >= 4 is 11.8 Å². The summed E-state index contributed by atoms with van der Waals surface area (Å²) in [5.41, 5.74) is 6.08. The summed E-state index contributed by atoms with van der Waals surface area (Å²) in [7, 11) is 1.78. The summed E-state index contributed by atoms with van der Waals surface area (Å²) >= 11 is 0. The molecular formula is C10H19N5O. The lowest BCUT2D eigenvalue weighted by Crippen LogP contribution is -2.43. The summed E-state index contributed by atoms with van der Waals surface area (Å²) < 4.78 is 1.62. The van der Waals surface area contributed by atoms with Crippen molar-refractivity contribution < 1.29 is 4.79 Å². The van der Waals surface area contributed by atoms with Crippen LogP contribution in [0.25, 0.3) is 0 Å². The van der Waals surface area contributed by atoms with Gasteiger partial charge in [0.25, 0.3) is 0 Å². The number of nitrogens with one attached hydrogen (secondary N) is 2. The molecule has 1 aromatic heterocycles. The molecule has 1 heterocycles. The number of amides is 2. The molecule has 1 rings (SSSR count). The normalized spacial score (nSPS) is 11.3. The third-order valence-corrected chi connectivity index (χ3v) is 1.84. The van der Waals surface area contributed by atoms with E-state index in [1.54, 1.807) is 17.9 Å². The van der Waals surface area contributed by atoms with Gasteiger partial charge in [-0.05, 0) is 20.8 Å². The molecule has 0 fully saturated rings. The number of nitrogens with two attached hydrogens (primary N) is 1. The summed E-state index contributed by atoms with van der Waals surface area (Å²) in [6, 6.07) is -0.277. The Labute approximate surface area is 95.2 Å². The minimum Gasteiger partial charge on any atom is -0.333 e. The van der Waals surface area contributed by atoms with E-state index in [1.807, 2.05) is 20.8 Å². The van der Waals surface area contributed by atoms with Gasteiger partial charge in [-0.25, -0.2) is 4.79 Å². The molecule has 0 aliphatic carbocycles. The first kappa shape index (κ1) is 12.5. The maximum atomic E-state index is 11.6. The van der Waals surface area contributed by atoms with Crippen molar-refractivity contribution in [1.29, 1.82) is 0 Å². The molecule has 1 aromatic rings. The van der Waals surface area contributed by atoms with Crippen molar-refractivity contribution in [1.82, 2.24) is 15.1 Å². The van der Waals surface area contributed by atoms with Gasteiger partial charge in [-0.1, -0.05) is 0 Å². The molecule has 0 aromatic carbocycles. The minimum absolute atomic E-state index is 0.276. The molecule has 2 amide bonds. The summed E-state index contributed by atoms with van der Waals surface area (Å²) in [5.74, 6) is 0.506. The Morgan fingerprint density at radius 3 is 2.69 bits per heavy atom. The van der Waals surface area contributed by atoms with E-state index in [-0.39, 0.29) is 11.6 Å². The zero-order valence-corrected chi connectivity index (χ0v) is 10.2. The number of urea groups is 1. The second-order valence-electron chi connectivity index (χ2n) is 4.71. The van der Waals surface area contributed by atoms with Crippen LogP contribution in [0, 0.1) is 0 Å². The number of aromatic nitrogens is 2. The first-order chi connectivity index (χ1) is 7.31. The number of aryl methyl sites for hydroxylation is 1. The number of carbonyl (C=O) groups excluding carboxylic acids is 1. The van der Waals surface area contributed by atoms with Crippen molar-refractivity contribution in [2.75, 3.05) is 5.32 Å².